The lowest BCUT2D eigenvalue weighted by atomic mass is 10.1. The highest BCUT2D eigenvalue weighted by Gasteiger charge is 2.19. The molecule has 3 heterocycles. The summed E-state index contributed by atoms with van der Waals surface area (Å²) in [5, 5.41) is 35.0. The molecule has 0 aliphatic carbocycles. The third-order valence-electron chi connectivity index (χ3n) is 7.93. The Kier molecular flexibility index (Phi) is 14.5. The number of amidine groups is 2. The van der Waals surface area contributed by atoms with Gasteiger partial charge in [-0.2, -0.15) is 10.2 Å². The van der Waals surface area contributed by atoms with Crippen LogP contribution >= 0.6 is 57.5 Å². The fourth-order valence-corrected chi connectivity index (χ4v) is 9.43. The van der Waals surface area contributed by atoms with Gasteiger partial charge in [-0.25, -0.2) is 20.8 Å². The number of hydrogen-bond donors (Lipinski definition) is 2. The van der Waals surface area contributed by atoms with Crippen molar-refractivity contribution in [2.45, 2.75) is 8.68 Å². The molecular formula is C38H32N12O6S5. The Morgan fingerprint density at radius 1 is 0.574 bits per heavy atom. The molecule has 0 fully saturated rings. The van der Waals surface area contributed by atoms with Crippen molar-refractivity contribution in [3.8, 4) is 23.0 Å². The average molecular weight is 913 g/mol. The van der Waals surface area contributed by atoms with Gasteiger partial charge in [-0.15, -0.1) is 30.7 Å². The summed E-state index contributed by atoms with van der Waals surface area (Å²) < 4.78 is 25.0. The van der Waals surface area contributed by atoms with Crippen LogP contribution in [0.25, 0.3) is 20.4 Å². The molecule has 23 heteroatoms. The third-order valence-corrected chi connectivity index (χ3v) is 13.0. The Morgan fingerprint density at radius 2 is 1.02 bits per heavy atom. The quantitative estimate of drug-likeness (QED) is 0.0306. The minimum atomic E-state index is -0.440. The lowest BCUT2D eigenvalue weighted by molar-refractivity contribution is -0.119. The van der Waals surface area contributed by atoms with Crippen LogP contribution in [0.3, 0.4) is 0 Å². The Labute approximate surface area is 367 Å². The van der Waals surface area contributed by atoms with Crippen molar-refractivity contribution >= 4 is 112 Å². The van der Waals surface area contributed by atoms with Crippen molar-refractivity contribution in [3.63, 3.8) is 0 Å². The topological polar surface area (TPSA) is 221 Å². The van der Waals surface area contributed by atoms with Crippen LogP contribution in [-0.4, -0.2) is 83.6 Å². The molecule has 2 N–H and O–H groups in total. The van der Waals surface area contributed by atoms with Crippen molar-refractivity contribution < 1.29 is 28.5 Å². The molecular weight excluding hydrogens is 881 g/mol. The summed E-state index contributed by atoms with van der Waals surface area (Å²) in [7, 11) is 6.01. The van der Waals surface area contributed by atoms with E-state index in [4.69, 9.17) is 18.9 Å². The molecule has 2 amide bonds. The van der Waals surface area contributed by atoms with Gasteiger partial charge in [0, 0.05) is 0 Å². The minimum absolute atomic E-state index is 0.0440. The van der Waals surface area contributed by atoms with Crippen LogP contribution in [0.4, 0.5) is 10.3 Å². The number of amides is 2. The van der Waals surface area contributed by atoms with Gasteiger partial charge in [-0.3, -0.25) is 9.59 Å². The summed E-state index contributed by atoms with van der Waals surface area (Å²) in [6, 6.07) is 25.7. The Bertz CT molecular complexity index is 2550. The van der Waals surface area contributed by atoms with E-state index >= 15 is 0 Å². The Morgan fingerprint density at radius 3 is 1.43 bits per heavy atom. The smallest absolute Gasteiger partial charge is 0.250 e. The third kappa shape index (κ3) is 10.9. The molecule has 0 spiro atoms. The molecule has 0 saturated carbocycles. The number of benzene rings is 4. The van der Waals surface area contributed by atoms with E-state index in [9.17, 15) is 9.59 Å². The van der Waals surface area contributed by atoms with E-state index in [-0.39, 0.29) is 23.2 Å². The number of fused-ring (bicyclic) bond motifs is 2. The Balaban J connectivity index is 0.978. The molecule has 0 aliphatic heterocycles. The average Bonchev–Trinajstić information content (AvgIpc) is 4.05. The summed E-state index contributed by atoms with van der Waals surface area (Å²) in [5.74, 6) is 0.776. The number of methoxy groups -OCH3 is 4. The zero-order valence-electron chi connectivity index (χ0n) is 32.5. The maximum atomic E-state index is 13.0. The number of rotatable bonds is 16. The second-order valence-electron chi connectivity index (χ2n) is 11.8. The molecule has 3 aromatic heterocycles. The molecule has 7 aromatic rings. The number of azo groups is 2. The summed E-state index contributed by atoms with van der Waals surface area (Å²) in [6.45, 7) is 0. The van der Waals surface area contributed by atoms with E-state index < -0.39 is 11.8 Å². The van der Waals surface area contributed by atoms with Crippen LogP contribution in [0.5, 0.6) is 23.0 Å². The summed E-state index contributed by atoms with van der Waals surface area (Å²) in [5.41, 5.74) is 7.52. The number of hydrazone groups is 2. The zero-order chi connectivity index (χ0) is 42.6. The second kappa shape index (κ2) is 20.7. The predicted octanol–water partition coefficient (Wildman–Crippen LogP) is 8.50. The SMILES string of the molecule is COc1cccc(C(N=Nc2nc3ccccc3s2)=NNC(=O)CSc2nnc(SCC(=O)NN=C(N=Nc3nc4ccccc4s3)c3cccc(OC)c3OC)s2)c1OC. The van der Waals surface area contributed by atoms with Gasteiger partial charge < -0.3 is 18.9 Å². The molecule has 310 valence electrons. The first-order valence-corrected chi connectivity index (χ1v) is 22.1. The van der Waals surface area contributed by atoms with E-state index in [2.05, 4.69) is 61.7 Å². The first kappa shape index (κ1) is 42.7. The van der Waals surface area contributed by atoms with Crippen LogP contribution in [0, 0.1) is 0 Å². The lowest BCUT2D eigenvalue weighted by Gasteiger charge is -2.11. The number of para-hydroxylation sites is 4. The molecule has 0 unspecified atom stereocenters. The van der Waals surface area contributed by atoms with E-state index in [0.29, 0.717) is 53.1 Å². The molecule has 0 atom stereocenters. The van der Waals surface area contributed by atoms with Crippen LogP contribution in [0.1, 0.15) is 11.1 Å². The van der Waals surface area contributed by atoms with Gasteiger partial charge in [0.2, 0.25) is 21.9 Å². The number of thioether (sulfide) groups is 2. The molecule has 0 radical (unpaired) electrons. The number of ether oxygens (including phenoxy) is 4. The fourth-order valence-electron chi connectivity index (χ4n) is 5.25. The molecule has 4 aromatic carbocycles. The van der Waals surface area contributed by atoms with Crippen molar-refractivity contribution in [1.29, 1.82) is 0 Å². The van der Waals surface area contributed by atoms with E-state index in [1.54, 1.807) is 36.4 Å². The fraction of sp³-hybridized carbons (Fsp3) is 0.158. The maximum Gasteiger partial charge on any atom is 0.250 e. The highest BCUT2D eigenvalue weighted by molar-refractivity contribution is 8.03. The number of carbonyl (C=O) groups excluding carboxylic acids is 2. The van der Waals surface area contributed by atoms with E-state index in [1.807, 2.05) is 48.5 Å². The van der Waals surface area contributed by atoms with Crippen molar-refractivity contribution in [2.24, 2.45) is 30.7 Å². The van der Waals surface area contributed by atoms with Gasteiger partial charge in [0.15, 0.2) is 31.7 Å². The number of hydrogen-bond acceptors (Lipinski definition) is 19. The first-order valence-electron chi connectivity index (χ1n) is 17.6. The number of aromatic nitrogens is 4. The van der Waals surface area contributed by atoms with E-state index in [0.717, 1.165) is 44.0 Å². The highest BCUT2D eigenvalue weighted by atomic mass is 32.2. The summed E-state index contributed by atoms with van der Waals surface area (Å²) >= 11 is 6.26. The molecule has 0 aliphatic rings. The van der Waals surface area contributed by atoms with Crippen LogP contribution in [0.15, 0.2) is 124 Å². The largest absolute Gasteiger partial charge is 0.493 e. The monoisotopic (exact) mass is 912 g/mol. The van der Waals surface area contributed by atoms with Gasteiger partial charge in [-0.1, -0.05) is 93.9 Å². The predicted molar refractivity (Wildman–Crippen MR) is 238 cm³/mol. The van der Waals surface area contributed by atoms with Crippen LogP contribution in [-0.2, 0) is 9.59 Å². The molecule has 0 bridgehead atoms. The van der Waals surface area contributed by atoms with Gasteiger partial charge in [0.05, 0.1) is 71.5 Å². The number of carbonyl (C=O) groups is 2. The molecule has 7 rings (SSSR count). The zero-order valence-corrected chi connectivity index (χ0v) is 36.5. The van der Waals surface area contributed by atoms with Crippen molar-refractivity contribution in [2.75, 3.05) is 39.9 Å². The second-order valence-corrected chi connectivity index (χ2v) is 17.2. The summed E-state index contributed by atoms with van der Waals surface area (Å²) in [6.07, 6.45) is 0. The highest BCUT2D eigenvalue weighted by Crippen LogP contribution is 2.35. The van der Waals surface area contributed by atoms with Gasteiger partial charge in [0.25, 0.3) is 11.8 Å². The molecule has 18 nitrogen and oxygen atoms in total. The van der Waals surface area contributed by atoms with Crippen LogP contribution in [0.2, 0.25) is 0 Å². The summed E-state index contributed by atoms with van der Waals surface area (Å²) in [4.78, 5) is 35.0. The van der Waals surface area contributed by atoms with Crippen molar-refractivity contribution in [3.05, 3.63) is 96.1 Å². The van der Waals surface area contributed by atoms with Gasteiger partial charge in [-0.05, 0) is 48.5 Å². The number of nitrogens with zero attached hydrogens (tertiary/aromatic N) is 10. The molecule has 0 saturated heterocycles. The normalized spacial score (nSPS) is 12.1. The maximum absolute atomic E-state index is 13.0. The standard InChI is InChI=1S/C38H32N12O6S5/c1-53-25-15-9-11-21(31(25)55-3)33(45-47-35-39-23-13-5-7-17-27(23)59-35)43-41-29(51)19-57-37-49-50-38(61-37)58-20-30(52)42-44-34(22-12-10-16-26(54-2)32(22)56-4)46-48-36-40-24-14-6-8-18-28(24)60-36/h5-18H,19-20H2,1-4H3,(H,41,51)(H,42,52). The van der Waals surface area contributed by atoms with Gasteiger partial charge in [0.1, 0.15) is 0 Å². The van der Waals surface area contributed by atoms with E-state index in [1.165, 1.54) is 62.4 Å². The lowest BCUT2D eigenvalue weighted by Crippen LogP contribution is -2.21. The number of nitrogens with one attached hydrogen (secondary N) is 2. The van der Waals surface area contributed by atoms with Crippen LogP contribution < -0.4 is 29.8 Å². The Hall–Kier alpha value is -6.40. The first-order chi connectivity index (χ1) is 29.8. The van der Waals surface area contributed by atoms with Gasteiger partial charge >= 0.3 is 0 Å². The molecule has 61 heavy (non-hydrogen) atoms. The number of thiazole rings is 2. The van der Waals surface area contributed by atoms with Crippen molar-refractivity contribution in [1.82, 2.24) is 31.0 Å². The minimum Gasteiger partial charge on any atom is -0.493 e.